The Morgan fingerprint density at radius 1 is 1.31 bits per heavy atom. The molecule has 0 unspecified atom stereocenters. The average Bonchev–Trinajstić information content (AvgIpc) is 2.33. The Bertz CT molecular complexity index is 313. The molecular formula is C10H15IN4O. The number of aromatic nitrogens is 2. The number of anilines is 1. The molecule has 2 rings (SSSR count). The predicted molar refractivity (Wildman–Crippen MR) is 70.5 cm³/mol. The smallest absolute Gasteiger partial charge is 0.222 e. The van der Waals surface area contributed by atoms with Crippen molar-refractivity contribution in [3.05, 3.63) is 16.0 Å². The zero-order valence-electron chi connectivity index (χ0n) is 9.03. The third kappa shape index (κ3) is 3.84. The van der Waals surface area contributed by atoms with E-state index in [9.17, 15) is 0 Å². The van der Waals surface area contributed by atoms with Crippen LogP contribution in [0.4, 0.5) is 5.95 Å². The van der Waals surface area contributed by atoms with Crippen molar-refractivity contribution in [2.75, 3.05) is 44.7 Å². The minimum Gasteiger partial charge on any atom is -0.379 e. The van der Waals surface area contributed by atoms with Gasteiger partial charge in [0.15, 0.2) is 0 Å². The summed E-state index contributed by atoms with van der Waals surface area (Å²) in [5, 5.41) is 3.21. The lowest BCUT2D eigenvalue weighted by atomic mass is 10.4. The number of rotatable bonds is 4. The Hall–Kier alpha value is -0.470. The fraction of sp³-hybridized carbons (Fsp3) is 0.600. The first-order chi connectivity index (χ1) is 7.84. The summed E-state index contributed by atoms with van der Waals surface area (Å²) < 4.78 is 6.34. The average molecular weight is 334 g/mol. The summed E-state index contributed by atoms with van der Waals surface area (Å²) in [7, 11) is 0. The lowest BCUT2D eigenvalue weighted by Gasteiger charge is -2.26. The summed E-state index contributed by atoms with van der Waals surface area (Å²) in [6.45, 7) is 5.63. The standard InChI is InChI=1S/C10H15IN4O/c11-9-7-13-10(14-8-9)12-1-2-15-3-5-16-6-4-15/h7-8H,1-6H2,(H,12,13,14). The zero-order valence-corrected chi connectivity index (χ0v) is 11.2. The van der Waals surface area contributed by atoms with Crippen molar-refractivity contribution in [1.29, 1.82) is 0 Å². The maximum Gasteiger partial charge on any atom is 0.222 e. The number of halogens is 1. The van der Waals surface area contributed by atoms with E-state index in [0.717, 1.165) is 43.0 Å². The van der Waals surface area contributed by atoms with E-state index >= 15 is 0 Å². The van der Waals surface area contributed by atoms with Crippen LogP contribution in [0.5, 0.6) is 0 Å². The predicted octanol–water partition coefficient (Wildman–Crippen LogP) is 0.825. The molecule has 0 aliphatic carbocycles. The summed E-state index contributed by atoms with van der Waals surface area (Å²) in [5.41, 5.74) is 0. The van der Waals surface area contributed by atoms with E-state index < -0.39 is 0 Å². The third-order valence-corrected chi connectivity index (χ3v) is 2.99. The van der Waals surface area contributed by atoms with Crippen molar-refractivity contribution in [3.8, 4) is 0 Å². The van der Waals surface area contributed by atoms with Gasteiger partial charge in [-0.2, -0.15) is 0 Å². The summed E-state index contributed by atoms with van der Waals surface area (Å²) >= 11 is 2.19. The molecule has 1 aromatic rings. The Morgan fingerprint density at radius 2 is 2.00 bits per heavy atom. The molecule has 5 nitrogen and oxygen atoms in total. The van der Waals surface area contributed by atoms with Crippen LogP contribution in [-0.4, -0.2) is 54.3 Å². The van der Waals surface area contributed by atoms with E-state index in [1.54, 1.807) is 0 Å². The second-order valence-electron chi connectivity index (χ2n) is 3.61. The lowest BCUT2D eigenvalue weighted by Crippen LogP contribution is -2.39. The number of hydrogen-bond acceptors (Lipinski definition) is 5. The quantitative estimate of drug-likeness (QED) is 0.827. The van der Waals surface area contributed by atoms with Crippen LogP contribution in [0.15, 0.2) is 12.4 Å². The van der Waals surface area contributed by atoms with Crippen LogP contribution >= 0.6 is 22.6 Å². The first-order valence-corrected chi connectivity index (χ1v) is 6.44. The Kier molecular flexibility index (Phi) is 4.73. The second-order valence-corrected chi connectivity index (χ2v) is 4.85. The van der Waals surface area contributed by atoms with Crippen LogP contribution in [0.2, 0.25) is 0 Å². The van der Waals surface area contributed by atoms with Crippen LogP contribution in [0.25, 0.3) is 0 Å². The summed E-state index contributed by atoms with van der Waals surface area (Å²) in [4.78, 5) is 10.8. The Balaban J connectivity index is 1.69. The van der Waals surface area contributed by atoms with Crippen molar-refractivity contribution >= 4 is 28.5 Å². The van der Waals surface area contributed by atoms with Crippen molar-refractivity contribution in [3.63, 3.8) is 0 Å². The first-order valence-electron chi connectivity index (χ1n) is 5.36. The highest BCUT2D eigenvalue weighted by molar-refractivity contribution is 14.1. The molecule has 88 valence electrons. The fourth-order valence-corrected chi connectivity index (χ4v) is 1.83. The van der Waals surface area contributed by atoms with Gasteiger partial charge < -0.3 is 10.1 Å². The molecule has 0 amide bonds. The van der Waals surface area contributed by atoms with Crippen LogP contribution < -0.4 is 5.32 Å². The molecule has 1 saturated heterocycles. The van der Waals surface area contributed by atoms with Crippen LogP contribution in [0.1, 0.15) is 0 Å². The fourth-order valence-electron chi connectivity index (χ4n) is 1.55. The number of nitrogens with one attached hydrogen (secondary N) is 1. The minimum absolute atomic E-state index is 0.702. The molecule has 1 aliphatic heterocycles. The van der Waals surface area contributed by atoms with Gasteiger partial charge in [-0.1, -0.05) is 0 Å². The topological polar surface area (TPSA) is 50.3 Å². The van der Waals surface area contributed by atoms with Crippen molar-refractivity contribution in [1.82, 2.24) is 14.9 Å². The van der Waals surface area contributed by atoms with Gasteiger partial charge in [0.2, 0.25) is 5.95 Å². The molecule has 1 N–H and O–H groups in total. The monoisotopic (exact) mass is 334 g/mol. The Morgan fingerprint density at radius 3 is 2.69 bits per heavy atom. The molecular weight excluding hydrogens is 319 g/mol. The van der Waals surface area contributed by atoms with E-state index in [1.165, 1.54) is 0 Å². The summed E-state index contributed by atoms with van der Waals surface area (Å²) in [5.74, 6) is 0.702. The van der Waals surface area contributed by atoms with E-state index in [1.807, 2.05) is 12.4 Å². The highest BCUT2D eigenvalue weighted by Gasteiger charge is 2.09. The van der Waals surface area contributed by atoms with E-state index in [4.69, 9.17) is 4.74 Å². The van der Waals surface area contributed by atoms with Gasteiger partial charge in [0, 0.05) is 42.1 Å². The van der Waals surface area contributed by atoms with Crippen molar-refractivity contribution in [2.45, 2.75) is 0 Å². The highest BCUT2D eigenvalue weighted by atomic mass is 127. The lowest BCUT2D eigenvalue weighted by molar-refractivity contribution is 0.0398. The van der Waals surface area contributed by atoms with Crippen LogP contribution in [0.3, 0.4) is 0 Å². The van der Waals surface area contributed by atoms with Gasteiger partial charge in [0.1, 0.15) is 0 Å². The number of hydrogen-bond donors (Lipinski definition) is 1. The maximum absolute atomic E-state index is 5.29. The molecule has 1 fully saturated rings. The molecule has 2 heterocycles. The number of ether oxygens (including phenoxy) is 1. The molecule has 6 heteroatoms. The maximum atomic E-state index is 5.29. The minimum atomic E-state index is 0.702. The molecule has 0 atom stereocenters. The molecule has 1 aliphatic rings. The second kappa shape index (κ2) is 6.31. The van der Waals surface area contributed by atoms with Gasteiger partial charge in [-0.3, -0.25) is 4.90 Å². The summed E-state index contributed by atoms with van der Waals surface area (Å²) in [6.07, 6.45) is 3.62. The molecule has 0 aromatic carbocycles. The molecule has 16 heavy (non-hydrogen) atoms. The van der Waals surface area contributed by atoms with E-state index in [-0.39, 0.29) is 0 Å². The highest BCUT2D eigenvalue weighted by Crippen LogP contribution is 2.02. The largest absolute Gasteiger partial charge is 0.379 e. The molecule has 0 radical (unpaired) electrons. The van der Waals surface area contributed by atoms with Gasteiger partial charge in [-0.25, -0.2) is 9.97 Å². The Labute approximate surface area is 109 Å². The van der Waals surface area contributed by atoms with Crippen molar-refractivity contribution in [2.24, 2.45) is 0 Å². The SMILES string of the molecule is Ic1cnc(NCCN2CCOCC2)nc1. The van der Waals surface area contributed by atoms with E-state index in [0.29, 0.717) is 5.95 Å². The molecule has 0 saturated carbocycles. The zero-order chi connectivity index (χ0) is 11.2. The van der Waals surface area contributed by atoms with Gasteiger partial charge in [0.05, 0.1) is 13.2 Å². The van der Waals surface area contributed by atoms with Gasteiger partial charge in [-0.05, 0) is 22.6 Å². The van der Waals surface area contributed by atoms with Gasteiger partial charge >= 0.3 is 0 Å². The van der Waals surface area contributed by atoms with Crippen LogP contribution in [0, 0.1) is 3.57 Å². The normalized spacial score (nSPS) is 17.3. The number of morpholine rings is 1. The van der Waals surface area contributed by atoms with Crippen LogP contribution in [-0.2, 0) is 4.74 Å². The first kappa shape index (κ1) is 12.0. The van der Waals surface area contributed by atoms with E-state index in [2.05, 4.69) is 42.8 Å². The van der Waals surface area contributed by atoms with Crippen molar-refractivity contribution < 1.29 is 4.74 Å². The molecule has 0 bridgehead atoms. The third-order valence-electron chi connectivity index (χ3n) is 2.44. The summed E-state index contributed by atoms with van der Waals surface area (Å²) in [6, 6.07) is 0. The van der Waals surface area contributed by atoms with Gasteiger partial charge in [0.25, 0.3) is 0 Å². The molecule has 0 spiro atoms. The van der Waals surface area contributed by atoms with Gasteiger partial charge in [-0.15, -0.1) is 0 Å². The molecule has 1 aromatic heterocycles. The number of nitrogens with zero attached hydrogens (tertiary/aromatic N) is 3.